The number of hydrogen-bond donors (Lipinski definition) is 0. The molecule has 2 heterocycles. The van der Waals surface area contributed by atoms with Crippen LogP contribution in [0.15, 0.2) is 91.0 Å². The van der Waals surface area contributed by atoms with Crippen molar-refractivity contribution < 1.29 is 18.8 Å². The Bertz CT molecular complexity index is 1640. The highest BCUT2D eigenvalue weighted by molar-refractivity contribution is 6.63. The maximum atomic E-state index is 7.00. The summed E-state index contributed by atoms with van der Waals surface area (Å²) in [6.45, 7) is 20.8. The highest BCUT2D eigenvalue weighted by Crippen LogP contribution is 2.44. The Kier molecular flexibility index (Phi) is 9.45. The average molecular weight is 645 g/mol. The summed E-state index contributed by atoms with van der Waals surface area (Å²) in [6, 6.07) is 32.8. The van der Waals surface area contributed by atoms with Gasteiger partial charge in [0.15, 0.2) is 6.29 Å². The fourth-order valence-corrected chi connectivity index (χ4v) is 7.27. The zero-order valence-corrected chi connectivity index (χ0v) is 30.5. The molecule has 1 unspecified atom stereocenters. The predicted octanol–water partition coefficient (Wildman–Crippen LogP) is 10.6. The summed E-state index contributed by atoms with van der Waals surface area (Å²) < 4.78 is 26.8. The van der Waals surface area contributed by atoms with Gasteiger partial charge in [-0.25, -0.2) is 0 Å². The molecule has 0 radical (unpaired) electrons. The van der Waals surface area contributed by atoms with Crippen molar-refractivity contribution >= 4 is 12.6 Å². The van der Waals surface area contributed by atoms with Gasteiger partial charge < -0.3 is 18.8 Å². The predicted molar refractivity (Wildman–Crippen MR) is 200 cm³/mol. The first-order valence-electron chi connectivity index (χ1n) is 17.7. The quantitative estimate of drug-likeness (QED) is 0.179. The van der Waals surface area contributed by atoms with Gasteiger partial charge in [-0.1, -0.05) is 101 Å². The topological polar surface area (TPSA) is 36.9 Å². The van der Waals surface area contributed by atoms with Crippen LogP contribution < -0.4 is 10.2 Å². The maximum Gasteiger partial charge on any atom is 0.498 e. The van der Waals surface area contributed by atoms with Crippen LogP contribution in [0, 0.1) is 5.41 Å². The van der Waals surface area contributed by atoms with E-state index >= 15 is 0 Å². The van der Waals surface area contributed by atoms with Crippen molar-refractivity contribution in [1.29, 1.82) is 0 Å². The molecule has 6 rings (SSSR count). The smallest absolute Gasteiger partial charge is 0.465 e. The van der Waals surface area contributed by atoms with Crippen molar-refractivity contribution in [3.63, 3.8) is 0 Å². The van der Waals surface area contributed by atoms with Crippen LogP contribution in [-0.2, 0) is 19.5 Å². The van der Waals surface area contributed by atoms with E-state index in [1.54, 1.807) is 0 Å². The summed E-state index contributed by atoms with van der Waals surface area (Å²) in [5, 5.41) is 0. The van der Waals surface area contributed by atoms with Crippen LogP contribution in [-0.4, -0.2) is 31.2 Å². The molecule has 0 spiro atoms. The highest BCUT2D eigenvalue weighted by atomic mass is 16.7. The van der Waals surface area contributed by atoms with Crippen molar-refractivity contribution in [3.8, 4) is 39.1 Å². The summed E-state index contributed by atoms with van der Waals surface area (Å²) in [7, 11) is -0.594. The molecule has 0 bridgehead atoms. The summed E-state index contributed by atoms with van der Waals surface area (Å²) in [6.07, 6.45) is 3.64. The largest absolute Gasteiger partial charge is 0.498 e. The van der Waals surface area contributed by atoms with Crippen LogP contribution in [0.1, 0.15) is 93.6 Å². The van der Waals surface area contributed by atoms with Gasteiger partial charge in [-0.3, -0.25) is 0 Å². The van der Waals surface area contributed by atoms with Gasteiger partial charge in [-0.2, -0.15) is 0 Å². The van der Waals surface area contributed by atoms with E-state index < -0.39 is 18.3 Å². The van der Waals surface area contributed by atoms with Gasteiger partial charge in [0.05, 0.1) is 17.8 Å². The summed E-state index contributed by atoms with van der Waals surface area (Å²) in [4.78, 5) is 0. The molecule has 2 fully saturated rings. The highest BCUT2D eigenvalue weighted by Gasteiger charge is 2.53. The minimum atomic E-state index is -0.594. The Morgan fingerprint density at radius 1 is 0.688 bits per heavy atom. The molecule has 1 atom stereocenters. The zero-order chi connectivity index (χ0) is 34.3. The molecule has 2 aliphatic heterocycles. The number of hydrogen-bond acceptors (Lipinski definition) is 4. The molecule has 0 amide bonds. The van der Waals surface area contributed by atoms with Crippen molar-refractivity contribution in [3.05, 3.63) is 96.6 Å². The van der Waals surface area contributed by atoms with Gasteiger partial charge in [0.1, 0.15) is 5.75 Å². The molecule has 4 aromatic rings. The van der Waals surface area contributed by atoms with E-state index in [9.17, 15) is 0 Å². The zero-order valence-electron chi connectivity index (χ0n) is 30.5. The second kappa shape index (κ2) is 13.2. The lowest BCUT2D eigenvalue weighted by molar-refractivity contribution is -0.105. The van der Waals surface area contributed by atoms with Gasteiger partial charge in [0.2, 0.25) is 0 Å². The van der Waals surface area contributed by atoms with E-state index in [-0.39, 0.29) is 17.1 Å². The molecule has 4 aromatic carbocycles. The molecule has 0 aromatic heterocycles. The first-order valence-corrected chi connectivity index (χ1v) is 17.7. The molecule has 252 valence electrons. The Hall–Kier alpha value is -3.38. The average Bonchev–Trinajstić information content (AvgIpc) is 3.26. The third-order valence-corrected chi connectivity index (χ3v) is 10.2. The van der Waals surface area contributed by atoms with Crippen LogP contribution in [0.5, 0.6) is 5.75 Å². The molecule has 0 N–H and O–H groups in total. The van der Waals surface area contributed by atoms with Crippen LogP contribution in [0.3, 0.4) is 0 Å². The Balaban J connectivity index is 1.63. The summed E-state index contributed by atoms with van der Waals surface area (Å²) in [5.41, 5.74) is 7.93. The molecule has 2 aliphatic rings. The minimum Gasteiger partial charge on any atom is -0.465 e. The lowest BCUT2D eigenvalue weighted by atomic mass is 9.68. The standard InChI is InChI=1S/C43H53BO4/c1-40(2,3)29-41(4,5)35-27-36(34-25-32(30-18-12-10-13-19-30)24-33(26-34)31-20-14-11-15-21-31)39(46-38-22-16-17-23-45-38)37(28-35)44-47-42(6,7)43(8,9)48-44/h10-15,18-21,24-28,38H,16-17,22-23,29H2,1-9H3. The summed E-state index contributed by atoms with van der Waals surface area (Å²) >= 11 is 0. The SMILES string of the molecule is CC(C)(C)CC(C)(C)c1cc(B2OC(C)(C)C(C)(C)O2)c(OC2CCCCO2)c(-c2cc(-c3ccccc3)cc(-c3ccccc3)c2)c1. The van der Waals surface area contributed by atoms with E-state index in [2.05, 4.69) is 153 Å². The minimum absolute atomic E-state index is 0.132. The monoisotopic (exact) mass is 644 g/mol. The normalized spacial score (nSPS) is 19.4. The van der Waals surface area contributed by atoms with E-state index in [4.69, 9.17) is 18.8 Å². The van der Waals surface area contributed by atoms with Crippen molar-refractivity contribution in [1.82, 2.24) is 0 Å². The van der Waals surface area contributed by atoms with Crippen LogP contribution in [0.2, 0.25) is 0 Å². The molecule has 0 saturated carbocycles. The molecular weight excluding hydrogens is 591 g/mol. The fourth-order valence-electron chi connectivity index (χ4n) is 7.27. The fraction of sp³-hybridized carbons (Fsp3) is 0.442. The van der Waals surface area contributed by atoms with Gasteiger partial charge in [-0.15, -0.1) is 0 Å². The molecule has 0 aliphatic carbocycles. The second-order valence-electron chi connectivity index (χ2n) is 16.6. The Morgan fingerprint density at radius 3 is 1.73 bits per heavy atom. The number of rotatable bonds is 8. The molecule has 48 heavy (non-hydrogen) atoms. The number of ether oxygens (including phenoxy) is 2. The first kappa shape index (κ1) is 34.5. The first-order chi connectivity index (χ1) is 22.6. The molecule has 4 nitrogen and oxygen atoms in total. The van der Waals surface area contributed by atoms with E-state index in [1.165, 1.54) is 16.7 Å². The van der Waals surface area contributed by atoms with Crippen molar-refractivity contribution in [2.45, 2.75) is 111 Å². The Morgan fingerprint density at radius 2 is 1.23 bits per heavy atom. The van der Waals surface area contributed by atoms with E-state index in [0.717, 1.165) is 59.1 Å². The summed E-state index contributed by atoms with van der Waals surface area (Å²) in [5.74, 6) is 0.778. The third-order valence-electron chi connectivity index (χ3n) is 10.2. The third kappa shape index (κ3) is 7.44. The second-order valence-corrected chi connectivity index (χ2v) is 16.6. The van der Waals surface area contributed by atoms with Gasteiger partial charge in [0.25, 0.3) is 0 Å². The van der Waals surface area contributed by atoms with Crippen molar-refractivity contribution in [2.75, 3.05) is 6.61 Å². The lowest BCUT2D eigenvalue weighted by Gasteiger charge is -2.35. The number of benzene rings is 4. The van der Waals surface area contributed by atoms with Gasteiger partial charge in [-0.05, 0) is 115 Å². The van der Waals surface area contributed by atoms with Crippen LogP contribution in [0.25, 0.3) is 33.4 Å². The van der Waals surface area contributed by atoms with Crippen molar-refractivity contribution in [2.24, 2.45) is 5.41 Å². The molecule has 5 heteroatoms. The Labute approximate surface area is 289 Å². The van der Waals surface area contributed by atoms with Gasteiger partial charge >= 0.3 is 7.12 Å². The van der Waals surface area contributed by atoms with Crippen LogP contribution >= 0.6 is 0 Å². The lowest BCUT2D eigenvalue weighted by Crippen LogP contribution is -2.41. The van der Waals surface area contributed by atoms with Gasteiger partial charge in [0, 0.05) is 17.4 Å². The van der Waals surface area contributed by atoms with E-state index in [1.807, 2.05) is 0 Å². The molecule has 2 saturated heterocycles. The molecular formula is C43H53BO4. The maximum absolute atomic E-state index is 7.00. The van der Waals surface area contributed by atoms with E-state index in [0.29, 0.717) is 6.61 Å². The van der Waals surface area contributed by atoms with Crippen LogP contribution in [0.4, 0.5) is 0 Å².